The van der Waals surface area contributed by atoms with Gasteiger partial charge in [-0.1, -0.05) is 37.2 Å². The van der Waals surface area contributed by atoms with E-state index in [2.05, 4.69) is 25.1 Å². The second-order valence-electron chi connectivity index (χ2n) is 5.91. The molecule has 0 bridgehead atoms. The van der Waals surface area contributed by atoms with E-state index >= 15 is 0 Å². The van der Waals surface area contributed by atoms with Crippen LogP contribution in [0, 0.1) is 11.3 Å². The second-order valence-corrected chi connectivity index (χ2v) is 6.97. The number of aryl methyl sites for hydroxylation is 1. The number of aliphatic hydroxyl groups is 2. The molecule has 0 amide bonds. The molecule has 0 unspecified atom stereocenters. The molecule has 0 heterocycles. The molecule has 142 valence electrons. The summed E-state index contributed by atoms with van der Waals surface area (Å²) in [4.78, 5) is 0.979. The van der Waals surface area contributed by atoms with Crippen molar-refractivity contribution in [1.29, 1.82) is 5.26 Å². The second kappa shape index (κ2) is 13.5. The van der Waals surface area contributed by atoms with Crippen LogP contribution in [-0.2, 0) is 11.2 Å². The van der Waals surface area contributed by atoms with Gasteiger partial charge in [-0.15, -0.1) is 0 Å². The number of nitrogens with zero attached hydrogens (tertiary/aromatic N) is 1. The fourth-order valence-corrected chi connectivity index (χ4v) is 3.19. The van der Waals surface area contributed by atoms with E-state index in [4.69, 9.17) is 9.84 Å². The molecule has 26 heavy (non-hydrogen) atoms. The van der Waals surface area contributed by atoms with Crippen LogP contribution < -0.4 is 0 Å². The molecule has 0 aliphatic heterocycles. The maximum Gasteiger partial charge on any atom is 0.150 e. The first kappa shape index (κ1) is 22.3. The zero-order chi connectivity index (χ0) is 19.2. The Hall–Kier alpha value is -1.74. The number of aliphatic hydroxyl groups excluding tert-OH is 2. The number of unbranched alkanes of at least 4 members (excludes halogenated alkanes) is 2. The number of hydrogen-bond donors (Lipinski definition) is 2. The van der Waals surface area contributed by atoms with Crippen LogP contribution in [0.25, 0.3) is 4.91 Å². The Kier molecular flexibility index (Phi) is 11.5. The molecule has 1 aromatic rings. The minimum Gasteiger partial charge on any atom is -0.502 e. The number of ether oxygens (including phenoxy) is 1. The van der Waals surface area contributed by atoms with Gasteiger partial charge in [-0.25, -0.2) is 0 Å². The van der Waals surface area contributed by atoms with Crippen LogP contribution in [-0.4, -0.2) is 30.0 Å². The number of allylic oxidation sites excluding steroid dienone is 2. The van der Waals surface area contributed by atoms with E-state index in [1.165, 1.54) is 11.8 Å². The molecule has 1 aromatic carbocycles. The average molecular weight is 376 g/mol. The van der Waals surface area contributed by atoms with Crippen molar-refractivity contribution in [2.45, 2.75) is 46.0 Å². The number of thioether (sulfide) groups is 1. The predicted molar refractivity (Wildman–Crippen MR) is 109 cm³/mol. The zero-order valence-electron chi connectivity index (χ0n) is 15.7. The average Bonchev–Trinajstić information content (AvgIpc) is 2.67. The molecule has 0 atom stereocenters. The van der Waals surface area contributed by atoms with Crippen molar-refractivity contribution in [2.75, 3.05) is 19.8 Å². The molecule has 5 heteroatoms. The molecule has 0 aliphatic rings. The van der Waals surface area contributed by atoms with E-state index in [-0.39, 0.29) is 11.7 Å². The van der Waals surface area contributed by atoms with Crippen molar-refractivity contribution < 1.29 is 14.9 Å². The van der Waals surface area contributed by atoms with Crippen LogP contribution in [0.3, 0.4) is 0 Å². The summed E-state index contributed by atoms with van der Waals surface area (Å²) in [5.74, 6) is 0. The maximum absolute atomic E-state index is 9.92. The van der Waals surface area contributed by atoms with E-state index in [0.29, 0.717) is 18.8 Å². The van der Waals surface area contributed by atoms with Gasteiger partial charge in [-0.2, -0.15) is 5.26 Å². The Bertz CT molecular complexity index is 647. The summed E-state index contributed by atoms with van der Waals surface area (Å²) in [5.41, 5.74) is 2.73. The monoisotopic (exact) mass is 375 g/mol. The summed E-state index contributed by atoms with van der Waals surface area (Å²) in [6.07, 6.45) is 8.48. The van der Waals surface area contributed by atoms with E-state index in [0.717, 1.165) is 48.1 Å². The standard InChI is InChI=1S/C21H29NO3S/c1-3-5-9-20(26-21(24)4-2)19-14-17(13-18(15-19)16-22)8-6-7-11-25-12-10-23/h4,9,13-15,23-24H,3,5-8,10-12H2,1-2H3/b20-9+,21-4-. The van der Waals surface area contributed by atoms with Gasteiger partial charge in [0.1, 0.15) is 5.09 Å². The molecule has 0 spiro atoms. The number of nitriles is 1. The topological polar surface area (TPSA) is 73.5 Å². The molecule has 0 radical (unpaired) electrons. The van der Waals surface area contributed by atoms with Crippen molar-refractivity contribution in [3.8, 4) is 6.07 Å². The first-order valence-corrected chi connectivity index (χ1v) is 9.92. The Morgan fingerprint density at radius 2 is 2.08 bits per heavy atom. The van der Waals surface area contributed by atoms with Crippen LogP contribution >= 0.6 is 11.8 Å². The third kappa shape index (κ3) is 8.57. The first-order valence-electron chi connectivity index (χ1n) is 9.10. The van der Waals surface area contributed by atoms with Crippen LogP contribution in [0.5, 0.6) is 0 Å². The van der Waals surface area contributed by atoms with Crippen molar-refractivity contribution in [3.63, 3.8) is 0 Å². The van der Waals surface area contributed by atoms with Crippen molar-refractivity contribution in [1.82, 2.24) is 0 Å². The molecular formula is C21H29NO3S. The van der Waals surface area contributed by atoms with E-state index < -0.39 is 0 Å². The van der Waals surface area contributed by atoms with Crippen LogP contribution in [0.4, 0.5) is 0 Å². The zero-order valence-corrected chi connectivity index (χ0v) is 16.5. The van der Waals surface area contributed by atoms with Gasteiger partial charge in [0.25, 0.3) is 0 Å². The quantitative estimate of drug-likeness (QED) is 0.389. The molecule has 1 rings (SSSR count). The molecule has 2 N–H and O–H groups in total. The predicted octanol–water partition coefficient (Wildman–Crippen LogP) is 5.18. The fraction of sp³-hybridized carbons (Fsp3) is 0.476. The fourth-order valence-electron chi connectivity index (χ4n) is 2.41. The summed E-state index contributed by atoms with van der Waals surface area (Å²) in [6, 6.07) is 8.15. The van der Waals surface area contributed by atoms with Crippen LogP contribution in [0.2, 0.25) is 0 Å². The number of benzene rings is 1. The Morgan fingerprint density at radius 3 is 2.73 bits per heavy atom. The highest BCUT2D eigenvalue weighted by Gasteiger charge is 2.09. The number of rotatable bonds is 12. The molecule has 0 fully saturated rings. The van der Waals surface area contributed by atoms with E-state index in [1.807, 2.05) is 12.1 Å². The van der Waals surface area contributed by atoms with E-state index in [9.17, 15) is 10.4 Å². The summed E-state index contributed by atoms with van der Waals surface area (Å²) in [7, 11) is 0. The van der Waals surface area contributed by atoms with Crippen LogP contribution in [0.15, 0.2) is 35.4 Å². The largest absolute Gasteiger partial charge is 0.502 e. The molecule has 0 aromatic heterocycles. The normalized spacial score (nSPS) is 12.2. The first-order chi connectivity index (χ1) is 12.6. The van der Waals surface area contributed by atoms with Crippen molar-refractivity contribution in [3.05, 3.63) is 52.1 Å². The van der Waals surface area contributed by atoms with Gasteiger partial charge in [0.05, 0.1) is 24.8 Å². The summed E-state index contributed by atoms with van der Waals surface area (Å²) >= 11 is 1.33. The lowest BCUT2D eigenvalue weighted by atomic mass is 10.0. The summed E-state index contributed by atoms with van der Waals surface area (Å²) in [6.45, 7) is 4.99. The SMILES string of the molecule is C/C=C(/O)S/C(=C/CCC)c1cc(C#N)cc(CCCCOCCO)c1. The van der Waals surface area contributed by atoms with Gasteiger partial charge in [-0.05, 0) is 61.9 Å². The molecule has 0 saturated carbocycles. The van der Waals surface area contributed by atoms with Crippen molar-refractivity contribution >= 4 is 16.7 Å². The summed E-state index contributed by atoms with van der Waals surface area (Å²) in [5, 5.41) is 28.2. The summed E-state index contributed by atoms with van der Waals surface area (Å²) < 4.78 is 5.28. The van der Waals surface area contributed by atoms with Gasteiger partial charge < -0.3 is 14.9 Å². The highest BCUT2D eigenvalue weighted by atomic mass is 32.2. The van der Waals surface area contributed by atoms with Gasteiger partial charge in [-0.3, -0.25) is 0 Å². The molecular weight excluding hydrogens is 346 g/mol. The lowest BCUT2D eigenvalue weighted by Crippen LogP contribution is -2.01. The smallest absolute Gasteiger partial charge is 0.150 e. The minimum atomic E-state index is 0.0527. The maximum atomic E-state index is 9.92. The van der Waals surface area contributed by atoms with Gasteiger partial charge >= 0.3 is 0 Å². The van der Waals surface area contributed by atoms with Crippen LogP contribution in [0.1, 0.15) is 56.2 Å². The highest BCUT2D eigenvalue weighted by Crippen LogP contribution is 2.34. The third-order valence-corrected chi connectivity index (χ3v) is 4.79. The lowest BCUT2D eigenvalue weighted by Gasteiger charge is -2.11. The van der Waals surface area contributed by atoms with Gasteiger partial charge in [0.15, 0.2) is 0 Å². The van der Waals surface area contributed by atoms with E-state index in [1.54, 1.807) is 13.0 Å². The highest BCUT2D eigenvalue weighted by molar-refractivity contribution is 8.11. The Balaban J connectivity index is 2.90. The van der Waals surface area contributed by atoms with Crippen molar-refractivity contribution in [2.24, 2.45) is 0 Å². The molecule has 0 saturated heterocycles. The number of hydrogen-bond acceptors (Lipinski definition) is 5. The molecule has 4 nitrogen and oxygen atoms in total. The minimum absolute atomic E-state index is 0.0527. The lowest BCUT2D eigenvalue weighted by molar-refractivity contribution is 0.0899. The third-order valence-electron chi connectivity index (χ3n) is 3.73. The Labute approximate surface area is 161 Å². The van der Waals surface area contributed by atoms with Gasteiger partial charge in [0, 0.05) is 11.5 Å². The molecule has 0 aliphatic carbocycles. The van der Waals surface area contributed by atoms with Gasteiger partial charge in [0.2, 0.25) is 0 Å². The Morgan fingerprint density at radius 1 is 1.27 bits per heavy atom.